The van der Waals surface area contributed by atoms with Gasteiger partial charge < -0.3 is 15.0 Å². The molecule has 0 spiro atoms. The number of esters is 1. The van der Waals surface area contributed by atoms with Crippen molar-refractivity contribution in [1.29, 1.82) is 0 Å². The molecule has 0 radical (unpaired) electrons. The average Bonchev–Trinajstić information content (AvgIpc) is 2.78. The van der Waals surface area contributed by atoms with Gasteiger partial charge in [0, 0.05) is 54.1 Å². The second kappa shape index (κ2) is 8.83. The van der Waals surface area contributed by atoms with Crippen LogP contribution in [0.2, 0.25) is 5.02 Å². The van der Waals surface area contributed by atoms with Crippen LogP contribution in [0.25, 0.3) is 0 Å². The fourth-order valence-electron chi connectivity index (χ4n) is 4.69. The number of hydrogen-bond donors (Lipinski definition) is 1. The maximum Gasteiger partial charge on any atom is 0.336 e. The second-order valence-electron chi connectivity index (χ2n) is 8.55. The third-order valence-electron chi connectivity index (χ3n) is 6.32. The molecule has 166 valence electrons. The van der Waals surface area contributed by atoms with Gasteiger partial charge in [0.15, 0.2) is 5.78 Å². The third-order valence-corrected chi connectivity index (χ3v) is 6.57. The Morgan fingerprint density at radius 3 is 2.25 bits per heavy atom. The number of rotatable bonds is 4. The number of benzene rings is 2. The molecule has 6 heteroatoms. The molecule has 0 bridgehead atoms. The van der Waals surface area contributed by atoms with Crippen molar-refractivity contribution in [3.05, 3.63) is 87.2 Å². The molecule has 1 aliphatic carbocycles. The minimum absolute atomic E-state index is 0.0503. The topological polar surface area (TPSA) is 58.6 Å². The third kappa shape index (κ3) is 4.05. The lowest BCUT2D eigenvalue weighted by atomic mass is 9.71. The second-order valence-corrected chi connectivity index (χ2v) is 8.98. The quantitative estimate of drug-likeness (QED) is 0.668. The number of nitrogens with zero attached hydrogens (tertiary/aromatic N) is 1. The number of ether oxygens (including phenoxy) is 1. The normalized spacial score (nSPS) is 20.6. The summed E-state index contributed by atoms with van der Waals surface area (Å²) in [6.07, 6.45) is 1.09. The SMILES string of the molecule is COC(=O)C1=C(C)NC2=C(C(=O)C[C@H](c3ccc(Cl)cc3)C2)[C@H]1c1ccc(N(C)C)cc1. The van der Waals surface area contributed by atoms with Gasteiger partial charge in [-0.2, -0.15) is 0 Å². The first-order chi connectivity index (χ1) is 15.3. The lowest BCUT2D eigenvalue weighted by Gasteiger charge is -2.36. The number of carbonyl (C=O) groups excluding carboxylic acids is 2. The Balaban J connectivity index is 1.78. The molecule has 0 fully saturated rings. The van der Waals surface area contributed by atoms with Gasteiger partial charge in [0.2, 0.25) is 0 Å². The first kappa shape index (κ1) is 22.2. The smallest absolute Gasteiger partial charge is 0.336 e. The number of nitrogens with one attached hydrogen (secondary N) is 1. The van der Waals surface area contributed by atoms with Crippen LogP contribution in [0.3, 0.4) is 0 Å². The minimum atomic E-state index is -0.450. The molecule has 2 atom stereocenters. The average molecular weight is 451 g/mol. The largest absolute Gasteiger partial charge is 0.466 e. The molecule has 0 amide bonds. The number of ketones is 1. The molecular formula is C26H27ClN2O3. The first-order valence-electron chi connectivity index (χ1n) is 10.6. The Hall–Kier alpha value is -3.05. The van der Waals surface area contributed by atoms with Crippen molar-refractivity contribution in [1.82, 2.24) is 5.32 Å². The van der Waals surface area contributed by atoms with Crippen molar-refractivity contribution in [2.45, 2.75) is 31.6 Å². The number of halogens is 1. The van der Waals surface area contributed by atoms with Crippen LogP contribution in [0.15, 0.2) is 71.1 Å². The molecule has 2 aliphatic rings. The van der Waals surface area contributed by atoms with E-state index in [0.717, 1.165) is 28.2 Å². The molecule has 0 unspecified atom stereocenters. The number of hydrogen-bond acceptors (Lipinski definition) is 5. The van der Waals surface area contributed by atoms with E-state index in [9.17, 15) is 9.59 Å². The van der Waals surface area contributed by atoms with Gasteiger partial charge in [-0.25, -0.2) is 4.79 Å². The number of allylic oxidation sites excluding steroid dienone is 3. The number of carbonyl (C=O) groups is 2. The van der Waals surface area contributed by atoms with E-state index < -0.39 is 11.9 Å². The fraction of sp³-hybridized carbons (Fsp3) is 0.308. The van der Waals surface area contributed by atoms with Gasteiger partial charge in [-0.15, -0.1) is 0 Å². The summed E-state index contributed by atoms with van der Waals surface area (Å²) in [5, 5.41) is 4.03. The van der Waals surface area contributed by atoms with Crippen molar-refractivity contribution in [3.63, 3.8) is 0 Å². The van der Waals surface area contributed by atoms with Crippen molar-refractivity contribution in [2.24, 2.45) is 0 Å². The molecule has 32 heavy (non-hydrogen) atoms. The standard InChI is InChI=1S/C26H27ClN2O3/c1-15-23(26(31)32-4)24(17-7-11-20(12-8-17)29(2)3)25-21(28-15)13-18(14-22(25)30)16-5-9-19(27)10-6-16/h5-12,18,24,28H,13-14H2,1-4H3/t18-,24+/m1/s1. The molecule has 0 saturated heterocycles. The predicted molar refractivity (Wildman–Crippen MR) is 127 cm³/mol. The fourth-order valence-corrected chi connectivity index (χ4v) is 4.81. The van der Waals surface area contributed by atoms with E-state index in [1.165, 1.54) is 7.11 Å². The molecule has 5 nitrogen and oxygen atoms in total. The lowest BCUT2D eigenvalue weighted by molar-refractivity contribution is -0.136. The lowest BCUT2D eigenvalue weighted by Crippen LogP contribution is -2.36. The van der Waals surface area contributed by atoms with Crippen molar-refractivity contribution in [3.8, 4) is 0 Å². The van der Waals surface area contributed by atoms with E-state index in [0.29, 0.717) is 29.0 Å². The van der Waals surface area contributed by atoms with Crippen molar-refractivity contribution >= 4 is 29.0 Å². The molecule has 2 aromatic rings. The summed E-state index contributed by atoms with van der Waals surface area (Å²) in [6, 6.07) is 15.7. The van der Waals surface area contributed by atoms with Gasteiger partial charge in [0.25, 0.3) is 0 Å². The van der Waals surface area contributed by atoms with E-state index in [1.54, 1.807) is 0 Å². The number of methoxy groups -OCH3 is 1. The molecular weight excluding hydrogens is 424 g/mol. The van der Waals surface area contributed by atoms with Gasteiger partial charge in [-0.3, -0.25) is 4.79 Å². The van der Waals surface area contributed by atoms with Gasteiger partial charge in [-0.05, 0) is 54.7 Å². The van der Waals surface area contributed by atoms with Crippen molar-refractivity contribution in [2.75, 3.05) is 26.1 Å². The van der Waals surface area contributed by atoms with E-state index >= 15 is 0 Å². The summed E-state index contributed by atoms with van der Waals surface area (Å²) in [7, 11) is 5.33. The first-order valence-corrected chi connectivity index (χ1v) is 11.0. The Morgan fingerprint density at radius 2 is 1.66 bits per heavy atom. The van der Waals surface area contributed by atoms with Crippen LogP contribution in [0.5, 0.6) is 0 Å². The van der Waals surface area contributed by atoms with Gasteiger partial charge in [-0.1, -0.05) is 35.9 Å². The molecule has 4 rings (SSSR count). The van der Waals surface area contributed by atoms with Gasteiger partial charge in [0.05, 0.1) is 12.7 Å². The molecule has 2 aromatic carbocycles. The maximum atomic E-state index is 13.5. The van der Waals surface area contributed by atoms with Crippen LogP contribution in [0.1, 0.15) is 42.7 Å². The number of Topliss-reactive ketones (excluding diaryl/α,β-unsaturated/α-hetero) is 1. The number of anilines is 1. The highest BCUT2D eigenvalue weighted by Gasteiger charge is 2.41. The van der Waals surface area contributed by atoms with E-state index in [1.807, 2.05) is 74.4 Å². The van der Waals surface area contributed by atoms with E-state index in [2.05, 4.69) is 5.32 Å². The monoisotopic (exact) mass is 450 g/mol. The minimum Gasteiger partial charge on any atom is -0.466 e. The Labute approximate surface area is 193 Å². The van der Waals surface area contributed by atoms with Crippen LogP contribution in [-0.4, -0.2) is 33.0 Å². The van der Waals surface area contributed by atoms with Crippen LogP contribution < -0.4 is 10.2 Å². The highest BCUT2D eigenvalue weighted by molar-refractivity contribution is 6.30. The van der Waals surface area contributed by atoms with Gasteiger partial charge in [0.1, 0.15) is 0 Å². The summed E-state index contributed by atoms with van der Waals surface area (Å²) in [4.78, 5) is 28.3. The van der Waals surface area contributed by atoms with Crippen LogP contribution in [0, 0.1) is 0 Å². The summed E-state index contributed by atoms with van der Waals surface area (Å²) in [6.45, 7) is 1.87. The molecule has 1 N–H and O–H groups in total. The zero-order chi connectivity index (χ0) is 23.0. The van der Waals surface area contributed by atoms with Crippen LogP contribution in [-0.2, 0) is 14.3 Å². The van der Waals surface area contributed by atoms with E-state index in [-0.39, 0.29) is 11.7 Å². The Kier molecular flexibility index (Phi) is 6.11. The van der Waals surface area contributed by atoms with Crippen LogP contribution in [0.4, 0.5) is 5.69 Å². The summed E-state index contributed by atoms with van der Waals surface area (Å²) >= 11 is 6.04. The predicted octanol–water partition coefficient (Wildman–Crippen LogP) is 4.94. The number of dihydropyridines is 1. The molecule has 1 heterocycles. The highest BCUT2D eigenvalue weighted by Crippen LogP contribution is 2.45. The maximum absolute atomic E-state index is 13.5. The summed E-state index contributed by atoms with van der Waals surface area (Å²) < 4.78 is 5.10. The zero-order valence-corrected chi connectivity index (χ0v) is 19.5. The Bertz CT molecular complexity index is 1110. The molecule has 0 aromatic heterocycles. The zero-order valence-electron chi connectivity index (χ0n) is 18.7. The van der Waals surface area contributed by atoms with Crippen molar-refractivity contribution < 1.29 is 14.3 Å². The Morgan fingerprint density at radius 1 is 1.03 bits per heavy atom. The van der Waals surface area contributed by atoms with E-state index in [4.69, 9.17) is 16.3 Å². The van der Waals surface area contributed by atoms with Crippen LogP contribution >= 0.6 is 11.6 Å². The highest BCUT2D eigenvalue weighted by atomic mass is 35.5. The molecule has 0 saturated carbocycles. The summed E-state index contributed by atoms with van der Waals surface area (Å²) in [5.74, 6) is -0.756. The molecule has 1 aliphatic heterocycles. The van der Waals surface area contributed by atoms with Gasteiger partial charge >= 0.3 is 5.97 Å². The summed E-state index contributed by atoms with van der Waals surface area (Å²) in [5.41, 5.74) is 5.80.